The summed E-state index contributed by atoms with van der Waals surface area (Å²) in [6, 6.07) is 12.1. The summed E-state index contributed by atoms with van der Waals surface area (Å²) in [4.78, 5) is 14.5. The standard InChI is InChI=1S/C18H22N2O/c1-13(2)12-19-10-5-11-20-16-9-4-7-14-6-3-8-15(17(14)16)18(20)21/h3-4,6-9,13,19H,5,10-12H2,1-2H3. The molecule has 1 aliphatic rings. The molecule has 1 aliphatic heterocycles. The van der Waals surface area contributed by atoms with Crippen LogP contribution in [-0.2, 0) is 0 Å². The number of rotatable bonds is 6. The van der Waals surface area contributed by atoms with Crippen molar-refractivity contribution in [3.63, 3.8) is 0 Å². The molecular weight excluding hydrogens is 260 g/mol. The van der Waals surface area contributed by atoms with Crippen LogP contribution in [0.25, 0.3) is 10.8 Å². The highest BCUT2D eigenvalue weighted by Gasteiger charge is 2.28. The van der Waals surface area contributed by atoms with Crippen molar-refractivity contribution in [2.45, 2.75) is 20.3 Å². The highest BCUT2D eigenvalue weighted by Crippen LogP contribution is 2.36. The van der Waals surface area contributed by atoms with Crippen LogP contribution in [0.3, 0.4) is 0 Å². The van der Waals surface area contributed by atoms with Crippen LogP contribution >= 0.6 is 0 Å². The molecule has 3 rings (SSSR count). The summed E-state index contributed by atoms with van der Waals surface area (Å²) in [5, 5.41) is 5.69. The van der Waals surface area contributed by atoms with Crippen molar-refractivity contribution < 1.29 is 4.79 Å². The molecule has 0 saturated carbocycles. The highest BCUT2D eigenvalue weighted by atomic mass is 16.2. The van der Waals surface area contributed by atoms with Gasteiger partial charge >= 0.3 is 0 Å². The molecule has 0 fully saturated rings. The number of hydrogen-bond donors (Lipinski definition) is 1. The van der Waals surface area contributed by atoms with E-state index in [0.29, 0.717) is 5.92 Å². The molecule has 0 bridgehead atoms. The summed E-state index contributed by atoms with van der Waals surface area (Å²) in [6.07, 6.45) is 0.975. The lowest BCUT2D eigenvalue weighted by atomic mass is 10.1. The van der Waals surface area contributed by atoms with Crippen LogP contribution in [0.15, 0.2) is 36.4 Å². The van der Waals surface area contributed by atoms with Crippen LogP contribution in [0.2, 0.25) is 0 Å². The number of amides is 1. The zero-order valence-corrected chi connectivity index (χ0v) is 12.7. The fourth-order valence-electron chi connectivity index (χ4n) is 2.95. The molecule has 0 saturated heterocycles. The number of carbonyl (C=O) groups excluding carboxylic acids is 1. The first-order valence-corrected chi connectivity index (χ1v) is 7.73. The van der Waals surface area contributed by atoms with E-state index in [1.807, 2.05) is 23.1 Å². The maximum Gasteiger partial charge on any atom is 0.258 e. The van der Waals surface area contributed by atoms with Crippen molar-refractivity contribution in [3.8, 4) is 0 Å². The van der Waals surface area contributed by atoms with Crippen LogP contribution < -0.4 is 10.2 Å². The molecule has 110 valence electrons. The molecule has 0 unspecified atom stereocenters. The Balaban J connectivity index is 1.72. The summed E-state index contributed by atoms with van der Waals surface area (Å²) in [7, 11) is 0. The van der Waals surface area contributed by atoms with Crippen molar-refractivity contribution in [1.82, 2.24) is 5.32 Å². The summed E-state index contributed by atoms with van der Waals surface area (Å²) in [6.45, 7) is 7.17. The van der Waals surface area contributed by atoms with Gasteiger partial charge in [-0.05, 0) is 42.9 Å². The van der Waals surface area contributed by atoms with Gasteiger partial charge in [0.05, 0.1) is 5.69 Å². The molecule has 3 heteroatoms. The molecule has 0 aromatic heterocycles. The van der Waals surface area contributed by atoms with E-state index < -0.39 is 0 Å². The molecule has 1 N–H and O–H groups in total. The molecule has 0 spiro atoms. The second-order valence-corrected chi connectivity index (χ2v) is 6.09. The quantitative estimate of drug-likeness (QED) is 0.823. The van der Waals surface area contributed by atoms with Crippen LogP contribution in [0.4, 0.5) is 5.69 Å². The summed E-state index contributed by atoms with van der Waals surface area (Å²) >= 11 is 0. The van der Waals surface area contributed by atoms with Gasteiger partial charge in [-0.2, -0.15) is 0 Å². The van der Waals surface area contributed by atoms with Gasteiger partial charge in [0.15, 0.2) is 0 Å². The third kappa shape index (κ3) is 2.66. The van der Waals surface area contributed by atoms with Gasteiger partial charge in [0.2, 0.25) is 0 Å². The fraction of sp³-hybridized carbons (Fsp3) is 0.389. The Hall–Kier alpha value is -1.87. The number of nitrogens with zero attached hydrogens (tertiary/aromatic N) is 1. The normalized spacial score (nSPS) is 13.7. The van der Waals surface area contributed by atoms with Gasteiger partial charge in [0.25, 0.3) is 5.91 Å². The van der Waals surface area contributed by atoms with Gasteiger partial charge in [-0.3, -0.25) is 4.79 Å². The Morgan fingerprint density at radius 3 is 2.67 bits per heavy atom. The summed E-state index contributed by atoms with van der Waals surface area (Å²) < 4.78 is 0. The van der Waals surface area contributed by atoms with Gasteiger partial charge in [0, 0.05) is 17.5 Å². The van der Waals surface area contributed by atoms with Crippen molar-refractivity contribution in [2.24, 2.45) is 5.92 Å². The maximum absolute atomic E-state index is 12.6. The Morgan fingerprint density at radius 1 is 1.14 bits per heavy atom. The number of hydrogen-bond acceptors (Lipinski definition) is 2. The topological polar surface area (TPSA) is 32.3 Å². The molecule has 0 atom stereocenters. The molecule has 3 nitrogen and oxygen atoms in total. The van der Waals surface area contributed by atoms with E-state index in [-0.39, 0.29) is 5.91 Å². The molecular formula is C18H22N2O. The highest BCUT2D eigenvalue weighted by molar-refractivity contribution is 6.24. The third-order valence-corrected chi connectivity index (χ3v) is 3.94. The monoisotopic (exact) mass is 282 g/mol. The second-order valence-electron chi connectivity index (χ2n) is 6.09. The molecule has 1 heterocycles. The van der Waals surface area contributed by atoms with Crippen LogP contribution in [0.1, 0.15) is 30.6 Å². The third-order valence-electron chi connectivity index (χ3n) is 3.94. The van der Waals surface area contributed by atoms with Crippen molar-refractivity contribution in [2.75, 3.05) is 24.5 Å². The predicted molar refractivity (Wildman–Crippen MR) is 87.9 cm³/mol. The zero-order valence-electron chi connectivity index (χ0n) is 12.7. The second kappa shape index (κ2) is 5.86. The number of nitrogens with one attached hydrogen (secondary N) is 1. The van der Waals surface area contributed by atoms with Gasteiger partial charge in [0.1, 0.15) is 0 Å². The lowest BCUT2D eigenvalue weighted by Gasteiger charge is -2.18. The predicted octanol–water partition coefficient (Wildman–Crippen LogP) is 3.44. The Bertz CT molecular complexity index is 658. The average molecular weight is 282 g/mol. The molecule has 2 aromatic carbocycles. The van der Waals surface area contributed by atoms with Crippen molar-refractivity contribution in [1.29, 1.82) is 0 Å². The number of benzene rings is 2. The minimum Gasteiger partial charge on any atom is -0.316 e. The molecule has 0 radical (unpaired) electrons. The lowest BCUT2D eigenvalue weighted by molar-refractivity contribution is 0.0993. The minimum atomic E-state index is 0.144. The number of anilines is 1. The van der Waals surface area contributed by atoms with Crippen molar-refractivity contribution in [3.05, 3.63) is 42.0 Å². The lowest BCUT2D eigenvalue weighted by Crippen LogP contribution is -2.30. The fourth-order valence-corrected chi connectivity index (χ4v) is 2.95. The Labute approximate surface area is 125 Å². The van der Waals surface area contributed by atoms with Gasteiger partial charge in [-0.15, -0.1) is 0 Å². The first-order chi connectivity index (χ1) is 10.2. The van der Waals surface area contributed by atoms with E-state index in [2.05, 4.69) is 37.4 Å². The molecule has 0 aliphatic carbocycles. The van der Waals surface area contributed by atoms with Crippen molar-refractivity contribution >= 4 is 22.4 Å². The van der Waals surface area contributed by atoms with E-state index >= 15 is 0 Å². The first kappa shape index (κ1) is 14.1. The average Bonchev–Trinajstić information content (AvgIpc) is 2.75. The van der Waals surface area contributed by atoms with Crippen LogP contribution in [0.5, 0.6) is 0 Å². The van der Waals surface area contributed by atoms with Gasteiger partial charge in [-0.25, -0.2) is 0 Å². The van der Waals surface area contributed by atoms with Gasteiger partial charge < -0.3 is 10.2 Å². The molecule has 21 heavy (non-hydrogen) atoms. The van der Waals surface area contributed by atoms with E-state index in [4.69, 9.17) is 0 Å². The number of carbonyl (C=O) groups is 1. The van der Waals surface area contributed by atoms with Crippen LogP contribution in [0, 0.1) is 5.92 Å². The minimum absolute atomic E-state index is 0.144. The molecule has 1 amide bonds. The van der Waals surface area contributed by atoms with E-state index in [1.54, 1.807) is 0 Å². The first-order valence-electron chi connectivity index (χ1n) is 7.73. The smallest absolute Gasteiger partial charge is 0.258 e. The Kier molecular flexibility index (Phi) is 3.93. The van der Waals surface area contributed by atoms with E-state index in [9.17, 15) is 4.79 Å². The van der Waals surface area contributed by atoms with Gasteiger partial charge in [-0.1, -0.05) is 38.1 Å². The van der Waals surface area contributed by atoms with Crippen LogP contribution in [-0.4, -0.2) is 25.5 Å². The Morgan fingerprint density at radius 2 is 1.90 bits per heavy atom. The zero-order chi connectivity index (χ0) is 14.8. The molecule has 2 aromatic rings. The summed E-state index contributed by atoms with van der Waals surface area (Å²) in [5.41, 5.74) is 1.91. The SMILES string of the molecule is CC(C)CNCCCN1C(=O)c2cccc3cccc1c23. The van der Waals surface area contributed by atoms with E-state index in [1.165, 1.54) is 0 Å². The largest absolute Gasteiger partial charge is 0.316 e. The summed E-state index contributed by atoms with van der Waals surface area (Å²) in [5.74, 6) is 0.807. The van der Waals surface area contributed by atoms with E-state index in [0.717, 1.165) is 48.1 Å². The maximum atomic E-state index is 12.6.